The largest absolute Gasteiger partial charge is 0.486 e. The van der Waals surface area contributed by atoms with Crippen LogP contribution >= 0.6 is 0 Å². The molecule has 0 saturated carbocycles. The van der Waals surface area contributed by atoms with Gasteiger partial charge in [-0.3, -0.25) is 9.59 Å². The number of benzene rings is 2. The van der Waals surface area contributed by atoms with E-state index in [1.54, 1.807) is 24.3 Å². The first kappa shape index (κ1) is 20.6. The fourth-order valence-corrected chi connectivity index (χ4v) is 3.21. The summed E-state index contributed by atoms with van der Waals surface area (Å²) in [7, 11) is -3.74. The van der Waals surface area contributed by atoms with Gasteiger partial charge in [0.25, 0.3) is 0 Å². The molecule has 0 fully saturated rings. The number of carbonyl (C=O) groups is 2. The maximum absolute atomic E-state index is 11.9. The minimum atomic E-state index is -3.74. The highest BCUT2D eigenvalue weighted by Crippen LogP contribution is 2.30. The molecule has 0 spiro atoms. The Hall–Kier alpha value is -3.11. The normalized spacial score (nSPS) is 15.4. The zero-order valence-electron chi connectivity index (χ0n) is 15.5. The number of hydrogen-bond acceptors (Lipinski definition) is 6. The average Bonchev–Trinajstić information content (AvgIpc) is 2.71. The minimum absolute atomic E-state index is 0.0150. The number of rotatable bonds is 6. The van der Waals surface area contributed by atoms with Crippen molar-refractivity contribution >= 4 is 21.8 Å². The van der Waals surface area contributed by atoms with Crippen LogP contribution in [-0.4, -0.2) is 46.0 Å². The number of primary sulfonamides is 1. The predicted molar refractivity (Wildman–Crippen MR) is 104 cm³/mol. The number of carbonyl (C=O) groups excluding carboxylic acids is 2. The molecule has 0 bridgehead atoms. The predicted octanol–water partition coefficient (Wildman–Crippen LogP) is -0.0511. The summed E-state index contributed by atoms with van der Waals surface area (Å²) in [5.41, 5.74) is 0.796. The minimum Gasteiger partial charge on any atom is -0.486 e. The Balaban J connectivity index is 1.39. The quantitative estimate of drug-likeness (QED) is 0.562. The summed E-state index contributed by atoms with van der Waals surface area (Å²) in [5.74, 6) is -0.291. The van der Waals surface area contributed by atoms with Crippen molar-refractivity contribution in [1.29, 1.82) is 0 Å². The van der Waals surface area contributed by atoms with Crippen LogP contribution in [0.15, 0.2) is 53.4 Å². The van der Waals surface area contributed by atoms with E-state index in [-0.39, 0.29) is 30.7 Å². The second kappa shape index (κ2) is 8.93. The standard InChI is InChI=1S/C19H21N3O6S/c20-29(25,26)15-7-5-13(6-8-15)9-10-21-18(23)19(24)22-11-14-12-27-16-3-1-2-4-17(16)28-14/h1-8,14H,9-12H2,(H,21,23)(H,22,24)(H2,20,25,26). The van der Waals surface area contributed by atoms with E-state index in [1.165, 1.54) is 12.1 Å². The number of para-hydroxylation sites is 2. The number of hydrogen-bond donors (Lipinski definition) is 3. The Morgan fingerprint density at radius 2 is 1.66 bits per heavy atom. The number of amides is 2. The third-order valence-electron chi connectivity index (χ3n) is 4.22. The van der Waals surface area contributed by atoms with Gasteiger partial charge >= 0.3 is 11.8 Å². The number of nitrogens with one attached hydrogen (secondary N) is 2. The molecule has 1 aliphatic rings. The van der Waals surface area contributed by atoms with Crippen molar-refractivity contribution < 1.29 is 27.5 Å². The van der Waals surface area contributed by atoms with Crippen LogP contribution in [0.4, 0.5) is 0 Å². The van der Waals surface area contributed by atoms with Gasteiger partial charge in [-0.1, -0.05) is 24.3 Å². The Morgan fingerprint density at radius 3 is 2.34 bits per heavy atom. The van der Waals surface area contributed by atoms with Crippen LogP contribution in [0.2, 0.25) is 0 Å². The van der Waals surface area contributed by atoms with Gasteiger partial charge in [0.05, 0.1) is 11.4 Å². The van der Waals surface area contributed by atoms with Gasteiger partial charge in [-0.2, -0.15) is 0 Å². The van der Waals surface area contributed by atoms with Crippen LogP contribution in [0.5, 0.6) is 11.5 Å². The number of fused-ring (bicyclic) bond motifs is 1. The highest BCUT2D eigenvalue weighted by molar-refractivity contribution is 7.89. The highest BCUT2D eigenvalue weighted by Gasteiger charge is 2.22. The molecule has 2 aromatic carbocycles. The van der Waals surface area contributed by atoms with Crippen molar-refractivity contribution in [3.05, 3.63) is 54.1 Å². The van der Waals surface area contributed by atoms with Gasteiger partial charge in [0.1, 0.15) is 12.7 Å². The molecule has 29 heavy (non-hydrogen) atoms. The first-order valence-electron chi connectivity index (χ1n) is 8.89. The zero-order chi connectivity index (χ0) is 20.9. The van der Waals surface area contributed by atoms with Crippen LogP contribution < -0.4 is 25.2 Å². The zero-order valence-corrected chi connectivity index (χ0v) is 16.3. The van der Waals surface area contributed by atoms with Gasteiger partial charge in [0.15, 0.2) is 11.5 Å². The van der Waals surface area contributed by atoms with Gasteiger partial charge in [0.2, 0.25) is 10.0 Å². The summed E-state index contributed by atoms with van der Waals surface area (Å²) in [6, 6.07) is 13.2. The number of sulfonamides is 1. The van der Waals surface area contributed by atoms with Crippen LogP contribution in [0.3, 0.4) is 0 Å². The molecule has 0 saturated heterocycles. The molecular formula is C19H21N3O6S. The molecule has 1 atom stereocenters. The van der Waals surface area contributed by atoms with Gasteiger partial charge in [-0.25, -0.2) is 13.6 Å². The molecular weight excluding hydrogens is 398 g/mol. The molecule has 9 nitrogen and oxygen atoms in total. The molecule has 10 heteroatoms. The lowest BCUT2D eigenvalue weighted by Gasteiger charge is -2.26. The molecule has 0 radical (unpaired) electrons. The van der Waals surface area contributed by atoms with Crippen LogP contribution in [0, 0.1) is 0 Å². The van der Waals surface area contributed by atoms with E-state index in [0.29, 0.717) is 17.9 Å². The lowest BCUT2D eigenvalue weighted by atomic mass is 10.1. The fraction of sp³-hybridized carbons (Fsp3) is 0.263. The Labute approximate surface area is 168 Å². The van der Waals surface area contributed by atoms with Crippen LogP contribution in [-0.2, 0) is 26.0 Å². The summed E-state index contributed by atoms with van der Waals surface area (Å²) in [6.45, 7) is 0.625. The molecule has 2 aromatic rings. The van der Waals surface area contributed by atoms with Gasteiger partial charge in [-0.05, 0) is 36.2 Å². The molecule has 1 heterocycles. The summed E-state index contributed by atoms with van der Waals surface area (Å²) in [4.78, 5) is 23.8. The van der Waals surface area contributed by atoms with E-state index >= 15 is 0 Å². The molecule has 0 aromatic heterocycles. The number of ether oxygens (including phenoxy) is 2. The molecule has 2 amide bonds. The van der Waals surface area contributed by atoms with E-state index in [0.717, 1.165) is 5.56 Å². The average molecular weight is 419 g/mol. The van der Waals surface area contributed by atoms with E-state index in [2.05, 4.69) is 10.6 Å². The van der Waals surface area contributed by atoms with E-state index in [1.807, 2.05) is 12.1 Å². The van der Waals surface area contributed by atoms with E-state index in [9.17, 15) is 18.0 Å². The first-order valence-corrected chi connectivity index (χ1v) is 10.4. The van der Waals surface area contributed by atoms with Crippen LogP contribution in [0.25, 0.3) is 0 Å². The topological polar surface area (TPSA) is 137 Å². The Morgan fingerprint density at radius 1 is 1.00 bits per heavy atom. The maximum atomic E-state index is 11.9. The smallest absolute Gasteiger partial charge is 0.309 e. The second-order valence-electron chi connectivity index (χ2n) is 6.40. The molecule has 4 N–H and O–H groups in total. The lowest BCUT2D eigenvalue weighted by Crippen LogP contribution is -2.46. The first-order chi connectivity index (χ1) is 13.8. The van der Waals surface area contributed by atoms with Crippen molar-refractivity contribution in [3.63, 3.8) is 0 Å². The van der Waals surface area contributed by atoms with Gasteiger partial charge in [-0.15, -0.1) is 0 Å². The van der Waals surface area contributed by atoms with E-state index < -0.39 is 21.8 Å². The van der Waals surface area contributed by atoms with Crippen molar-refractivity contribution in [2.75, 3.05) is 19.7 Å². The summed E-state index contributed by atoms with van der Waals surface area (Å²) < 4.78 is 33.7. The second-order valence-corrected chi connectivity index (χ2v) is 7.96. The Bertz CT molecular complexity index is 991. The third-order valence-corrected chi connectivity index (χ3v) is 5.14. The number of nitrogens with two attached hydrogens (primary N) is 1. The summed E-state index contributed by atoms with van der Waals surface area (Å²) in [6.07, 6.45) is 0.0410. The summed E-state index contributed by atoms with van der Waals surface area (Å²) in [5, 5.41) is 10.1. The lowest BCUT2D eigenvalue weighted by molar-refractivity contribution is -0.139. The Kier molecular flexibility index (Phi) is 6.35. The van der Waals surface area contributed by atoms with Crippen molar-refractivity contribution in [2.24, 2.45) is 5.14 Å². The van der Waals surface area contributed by atoms with Crippen molar-refractivity contribution in [1.82, 2.24) is 10.6 Å². The third kappa shape index (κ3) is 5.69. The summed E-state index contributed by atoms with van der Waals surface area (Å²) >= 11 is 0. The van der Waals surface area contributed by atoms with Crippen molar-refractivity contribution in [2.45, 2.75) is 17.4 Å². The van der Waals surface area contributed by atoms with E-state index in [4.69, 9.17) is 14.6 Å². The molecule has 3 rings (SSSR count). The highest BCUT2D eigenvalue weighted by atomic mass is 32.2. The monoisotopic (exact) mass is 419 g/mol. The van der Waals surface area contributed by atoms with Gasteiger partial charge < -0.3 is 20.1 Å². The van der Waals surface area contributed by atoms with Crippen LogP contribution in [0.1, 0.15) is 5.56 Å². The maximum Gasteiger partial charge on any atom is 0.309 e. The fourth-order valence-electron chi connectivity index (χ4n) is 2.70. The van der Waals surface area contributed by atoms with Crippen molar-refractivity contribution in [3.8, 4) is 11.5 Å². The molecule has 154 valence electrons. The SMILES string of the molecule is NS(=O)(=O)c1ccc(CCNC(=O)C(=O)NCC2COc3ccccc3O2)cc1. The molecule has 0 aliphatic carbocycles. The van der Waals surface area contributed by atoms with Gasteiger partial charge in [0, 0.05) is 6.54 Å². The molecule has 1 unspecified atom stereocenters. The molecule has 1 aliphatic heterocycles.